The van der Waals surface area contributed by atoms with Gasteiger partial charge in [0.25, 0.3) is 0 Å². The molecule has 0 atom stereocenters. The second-order valence-corrected chi connectivity index (χ2v) is 6.47. The van der Waals surface area contributed by atoms with E-state index in [4.69, 9.17) is 0 Å². The van der Waals surface area contributed by atoms with E-state index in [-0.39, 0.29) is 0 Å². The maximum absolute atomic E-state index is 3.89. The van der Waals surface area contributed by atoms with Gasteiger partial charge in [-0.25, -0.2) is 0 Å². The standard InChI is InChI=1S/C16H32N2/c1-4-16(5-2,6-3)18-13-9-12-17-15(14-18)10-7-8-11-15/h17H,4-14H2,1-3H3. The zero-order valence-electron chi connectivity index (χ0n) is 12.7. The molecule has 0 radical (unpaired) electrons. The van der Waals surface area contributed by atoms with Crippen molar-refractivity contribution in [3.63, 3.8) is 0 Å². The average molecular weight is 252 g/mol. The zero-order valence-corrected chi connectivity index (χ0v) is 12.7. The normalized spacial score (nSPS) is 25.5. The molecular formula is C16H32N2. The van der Waals surface area contributed by atoms with Gasteiger partial charge in [0, 0.05) is 17.6 Å². The van der Waals surface area contributed by atoms with Gasteiger partial charge in [-0.1, -0.05) is 33.6 Å². The van der Waals surface area contributed by atoms with Crippen LogP contribution in [0, 0.1) is 0 Å². The van der Waals surface area contributed by atoms with E-state index < -0.39 is 0 Å². The Morgan fingerprint density at radius 2 is 1.61 bits per heavy atom. The van der Waals surface area contributed by atoms with E-state index in [1.165, 1.54) is 71.0 Å². The molecule has 1 N–H and O–H groups in total. The van der Waals surface area contributed by atoms with E-state index in [0.29, 0.717) is 11.1 Å². The van der Waals surface area contributed by atoms with E-state index in [2.05, 4.69) is 31.0 Å². The summed E-state index contributed by atoms with van der Waals surface area (Å²) in [5.41, 5.74) is 0.920. The van der Waals surface area contributed by atoms with Gasteiger partial charge >= 0.3 is 0 Å². The molecule has 1 spiro atoms. The van der Waals surface area contributed by atoms with Crippen molar-refractivity contribution in [2.45, 2.75) is 83.2 Å². The van der Waals surface area contributed by atoms with Gasteiger partial charge in [0.2, 0.25) is 0 Å². The third-order valence-corrected chi connectivity index (χ3v) is 5.80. The molecule has 1 saturated heterocycles. The molecule has 0 aromatic rings. The molecule has 2 nitrogen and oxygen atoms in total. The Labute approximate surface area is 114 Å². The molecule has 2 rings (SSSR count). The fourth-order valence-corrected chi connectivity index (χ4v) is 4.34. The Morgan fingerprint density at radius 3 is 2.17 bits per heavy atom. The van der Waals surface area contributed by atoms with Gasteiger partial charge < -0.3 is 5.32 Å². The lowest BCUT2D eigenvalue weighted by molar-refractivity contribution is 0.0547. The van der Waals surface area contributed by atoms with Gasteiger partial charge in [-0.2, -0.15) is 0 Å². The molecule has 2 fully saturated rings. The Hall–Kier alpha value is -0.0800. The maximum Gasteiger partial charge on any atom is 0.0309 e. The van der Waals surface area contributed by atoms with Gasteiger partial charge in [-0.3, -0.25) is 4.90 Å². The van der Waals surface area contributed by atoms with Gasteiger partial charge in [-0.05, 0) is 51.6 Å². The van der Waals surface area contributed by atoms with E-state index in [1.54, 1.807) is 0 Å². The second kappa shape index (κ2) is 5.92. The summed E-state index contributed by atoms with van der Waals surface area (Å²) in [4.78, 5) is 2.85. The van der Waals surface area contributed by atoms with Gasteiger partial charge in [0.1, 0.15) is 0 Å². The number of nitrogens with zero attached hydrogens (tertiary/aromatic N) is 1. The van der Waals surface area contributed by atoms with Crippen molar-refractivity contribution in [2.75, 3.05) is 19.6 Å². The SMILES string of the molecule is CCC(CC)(CC)N1CCCNC2(CCCC2)C1. The molecule has 18 heavy (non-hydrogen) atoms. The lowest BCUT2D eigenvalue weighted by Crippen LogP contribution is -2.56. The van der Waals surface area contributed by atoms with Crippen LogP contribution in [0.1, 0.15) is 72.1 Å². The van der Waals surface area contributed by atoms with Crippen molar-refractivity contribution in [3.8, 4) is 0 Å². The van der Waals surface area contributed by atoms with Crippen LogP contribution >= 0.6 is 0 Å². The highest BCUT2D eigenvalue weighted by Crippen LogP contribution is 2.36. The molecular weight excluding hydrogens is 220 g/mol. The summed E-state index contributed by atoms with van der Waals surface area (Å²) in [5, 5.41) is 3.89. The minimum Gasteiger partial charge on any atom is -0.310 e. The molecule has 0 amide bonds. The van der Waals surface area contributed by atoms with E-state index in [0.717, 1.165) is 0 Å². The lowest BCUT2D eigenvalue weighted by atomic mass is 9.85. The van der Waals surface area contributed by atoms with Crippen molar-refractivity contribution >= 4 is 0 Å². The smallest absolute Gasteiger partial charge is 0.0309 e. The van der Waals surface area contributed by atoms with Crippen LogP contribution in [-0.4, -0.2) is 35.6 Å². The fraction of sp³-hybridized carbons (Fsp3) is 1.00. The molecule has 0 aromatic heterocycles. The number of hydrogen-bond donors (Lipinski definition) is 1. The minimum atomic E-state index is 0.460. The average Bonchev–Trinajstić information content (AvgIpc) is 2.74. The molecule has 0 unspecified atom stereocenters. The monoisotopic (exact) mass is 252 g/mol. The van der Waals surface area contributed by atoms with Crippen LogP contribution in [-0.2, 0) is 0 Å². The van der Waals surface area contributed by atoms with Crippen LogP contribution in [0.25, 0.3) is 0 Å². The van der Waals surface area contributed by atoms with Gasteiger partial charge in [0.05, 0.1) is 0 Å². The predicted octanol–water partition coefficient (Wildman–Crippen LogP) is 3.56. The second-order valence-electron chi connectivity index (χ2n) is 6.47. The molecule has 2 heteroatoms. The molecule has 1 aliphatic heterocycles. The van der Waals surface area contributed by atoms with Crippen molar-refractivity contribution in [2.24, 2.45) is 0 Å². The zero-order chi connectivity index (χ0) is 13.1. The summed E-state index contributed by atoms with van der Waals surface area (Å²) in [6.45, 7) is 11.0. The van der Waals surface area contributed by atoms with Crippen molar-refractivity contribution in [1.29, 1.82) is 0 Å². The molecule has 0 aromatic carbocycles. The first-order chi connectivity index (χ1) is 8.70. The molecule has 0 bridgehead atoms. The van der Waals surface area contributed by atoms with E-state index in [9.17, 15) is 0 Å². The Balaban J connectivity index is 2.15. The van der Waals surface area contributed by atoms with Crippen LogP contribution in [0.5, 0.6) is 0 Å². The summed E-state index contributed by atoms with van der Waals surface area (Å²) in [6, 6.07) is 0. The molecule has 1 aliphatic carbocycles. The Morgan fingerprint density at radius 1 is 1.00 bits per heavy atom. The van der Waals surface area contributed by atoms with Crippen LogP contribution < -0.4 is 5.32 Å². The minimum absolute atomic E-state index is 0.460. The van der Waals surface area contributed by atoms with E-state index in [1.807, 2.05) is 0 Å². The largest absolute Gasteiger partial charge is 0.310 e. The van der Waals surface area contributed by atoms with Gasteiger partial charge in [-0.15, -0.1) is 0 Å². The van der Waals surface area contributed by atoms with E-state index >= 15 is 0 Å². The van der Waals surface area contributed by atoms with Crippen molar-refractivity contribution in [3.05, 3.63) is 0 Å². The first kappa shape index (κ1) is 14.3. The number of nitrogens with one attached hydrogen (secondary N) is 1. The summed E-state index contributed by atoms with van der Waals surface area (Å²) >= 11 is 0. The van der Waals surface area contributed by atoms with Crippen LogP contribution in [0.3, 0.4) is 0 Å². The fourth-order valence-electron chi connectivity index (χ4n) is 4.34. The van der Waals surface area contributed by atoms with Gasteiger partial charge in [0.15, 0.2) is 0 Å². The lowest BCUT2D eigenvalue weighted by Gasteiger charge is -2.46. The van der Waals surface area contributed by atoms with Crippen LogP contribution in [0.15, 0.2) is 0 Å². The third kappa shape index (κ3) is 2.60. The van der Waals surface area contributed by atoms with Crippen molar-refractivity contribution in [1.82, 2.24) is 10.2 Å². The number of hydrogen-bond acceptors (Lipinski definition) is 2. The summed E-state index contributed by atoms with van der Waals surface area (Å²) < 4.78 is 0. The Bertz CT molecular complexity index is 244. The first-order valence-corrected chi connectivity index (χ1v) is 8.20. The first-order valence-electron chi connectivity index (χ1n) is 8.20. The highest BCUT2D eigenvalue weighted by molar-refractivity contribution is 5.00. The molecule has 106 valence electrons. The number of rotatable bonds is 4. The highest BCUT2D eigenvalue weighted by atomic mass is 15.2. The Kier molecular flexibility index (Phi) is 4.71. The third-order valence-electron chi connectivity index (χ3n) is 5.80. The summed E-state index contributed by atoms with van der Waals surface area (Å²) in [7, 11) is 0. The molecule has 1 heterocycles. The topological polar surface area (TPSA) is 15.3 Å². The van der Waals surface area contributed by atoms with Crippen LogP contribution in [0.2, 0.25) is 0 Å². The maximum atomic E-state index is 3.89. The van der Waals surface area contributed by atoms with Crippen molar-refractivity contribution < 1.29 is 0 Å². The molecule has 1 saturated carbocycles. The van der Waals surface area contributed by atoms with Crippen LogP contribution in [0.4, 0.5) is 0 Å². The summed E-state index contributed by atoms with van der Waals surface area (Å²) in [6.07, 6.45) is 10.9. The molecule has 2 aliphatic rings. The summed E-state index contributed by atoms with van der Waals surface area (Å²) in [5.74, 6) is 0. The quantitative estimate of drug-likeness (QED) is 0.823. The highest BCUT2D eigenvalue weighted by Gasteiger charge is 2.41. The predicted molar refractivity (Wildman–Crippen MR) is 79.0 cm³/mol.